The first-order chi connectivity index (χ1) is 13.8. The number of anilines is 3. The molecule has 4 rings (SSSR count). The third-order valence-electron chi connectivity index (χ3n) is 5.25. The first kappa shape index (κ1) is 19.1. The van der Waals surface area contributed by atoms with E-state index in [1.54, 1.807) is 12.1 Å². The van der Waals surface area contributed by atoms with E-state index >= 15 is 0 Å². The molecule has 1 heterocycles. The Morgan fingerprint density at radius 1 is 0.897 bits per heavy atom. The van der Waals surface area contributed by atoms with Crippen molar-refractivity contribution >= 4 is 26.9 Å². The molecule has 0 saturated carbocycles. The van der Waals surface area contributed by atoms with Gasteiger partial charge in [0, 0.05) is 18.8 Å². The highest BCUT2D eigenvalue weighted by molar-refractivity contribution is 7.91. The second-order valence-electron chi connectivity index (χ2n) is 7.28. The molecule has 3 aromatic carbocycles. The number of aromatic hydroxyl groups is 1. The molecule has 5 N–H and O–H groups in total. The zero-order valence-electron chi connectivity index (χ0n) is 15.9. The van der Waals surface area contributed by atoms with Crippen LogP contribution in [0.2, 0.25) is 0 Å². The van der Waals surface area contributed by atoms with Crippen LogP contribution in [0.4, 0.5) is 17.1 Å². The van der Waals surface area contributed by atoms with E-state index in [-0.39, 0.29) is 15.5 Å². The summed E-state index contributed by atoms with van der Waals surface area (Å²) >= 11 is 0. The van der Waals surface area contributed by atoms with Crippen LogP contribution < -0.4 is 16.4 Å². The van der Waals surface area contributed by atoms with Gasteiger partial charge in [0.25, 0.3) is 0 Å². The number of hydrogen-bond acceptors (Lipinski definition) is 6. The highest BCUT2D eigenvalue weighted by Gasteiger charge is 2.20. The number of rotatable bonds is 4. The SMILES string of the molecule is Nc1cc2c(cc1N)N(Cc1ccc(S(=O)(=O)c3ccc(O)cc3)cc1)CCC2. The van der Waals surface area contributed by atoms with Crippen LogP contribution in [0, 0.1) is 0 Å². The van der Waals surface area contributed by atoms with E-state index in [1.165, 1.54) is 29.8 Å². The molecule has 1 aliphatic rings. The fourth-order valence-electron chi connectivity index (χ4n) is 3.66. The average molecular weight is 410 g/mol. The third kappa shape index (κ3) is 3.73. The van der Waals surface area contributed by atoms with Crippen LogP contribution in [0.1, 0.15) is 17.5 Å². The molecule has 6 nitrogen and oxygen atoms in total. The molecule has 150 valence electrons. The van der Waals surface area contributed by atoms with E-state index in [0.717, 1.165) is 30.6 Å². The molecule has 0 aromatic heterocycles. The van der Waals surface area contributed by atoms with Crippen LogP contribution in [0.5, 0.6) is 5.75 Å². The molecule has 0 amide bonds. The average Bonchev–Trinajstić information content (AvgIpc) is 2.70. The van der Waals surface area contributed by atoms with Gasteiger partial charge in [0.1, 0.15) is 5.75 Å². The first-order valence-electron chi connectivity index (χ1n) is 9.40. The molecule has 0 bridgehead atoms. The molecule has 3 aromatic rings. The minimum Gasteiger partial charge on any atom is -0.508 e. The van der Waals surface area contributed by atoms with Crippen LogP contribution in [0.15, 0.2) is 70.5 Å². The molecule has 0 spiro atoms. The van der Waals surface area contributed by atoms with Crippen LogP contribution in [0.3, 0.4) is 0 Å². The molecular formula is C22H23N3O3S. The lowest BCUT2D eigenvalue weighted by molar-refractivity contribution is 0.475. The van der Waals surface area contributed by atoms with E-state index in [0.29, 0.717) is 17.9 Å². The molecule has 0 aliphatic carbocycles. The number of sulfone groups is 1. The molecule has 0 atom stereocenters. The molecule has 0 saturated heterocycles. The van der Waals surface area contributed by atoms with Crippen molar-refractivity contribution in [2.24, 2.45) is 0 Å². The third-order valence-corrected chi connectivity index (χ3v) is 7.04. The van der Waals surface area contributed by atoms with Gasteiger partial charge in [-0.2, -0.15) is 0 Å². The number of phenolic OH excluding ortho intramolecular Hbond substituents is 1. The summed E-state index contributed by atoms with van der Waals surface area (Å²) < 4.78 is 25.5. The van der Waals surface area contributed by atoms with Crippen molar-refractivity contribution in [2.75, 3.05) is 22.9 Å². The number of phenols is 1. The fraction of sp³-hybridized carbons (Fsp3) is 0.182. The maximum Gasteiger partial charge on any atom is 0.206 e. The summed E-state index contributed by atoms with van der Waals surface area (Å²) in [6.45, 7) is 1.57. The Kier molecular flexibility index (Phi) is 4.84. The maximum absolute atomic E-state index is 12.8. The van der Waals surface area contributed by atoms with Gasteiger partial charge in [0.15, 0.2) is 0 Å². The van der Waals surface area contributed by atoms with Gasteiger partial charge >= 0.3 is 0 Å². The molecule has 0 radical (unpaired) electrons. The monoisotopic (exact) mass is 409 g/mol. The number of nitrogens with two attached hydrogens (primary N) is 2. The lowest BCUT2D eigenvalue weighted by Crippen LogP contribution is -2.29. The number of nitrogen functional groups attached to an aromatic ring is 2. The Morgan fingerprint density at radius 2 is 1.48 bits per heavy atom. The predicted octanol–water partition coefficient (Wildman–Crippen LogP) is 3.34. The van der Waals surface area contributed by atoms with Crippen LogP contribution >= 0.6 is 0 Å². The molecule has 1 aliphatic heterocycles. The largest absolute Gasteiger partial charge is 0.508 e. The minimum atomic E-state index is -3.62. The van der Waals surface area contributed by atoms with Crippen LogP contribution in [0.25, 0.3) is 0 Å². The van der Waals surface area contributed by atoms with E-state index in [1.807, 2.05) is 24.3 Å². The van der Waals surface area contributed by atoms with E-state index in [2.05, 4.69) is 4.90 Å². The quantitative estimate of drug-likeness (QED) is 0.570. The zero-order chi connectivity index (χ0) is 20.6. The number of fused-ring (bicyclic) bond motifs is 1. The number of aryl methyl sites for hydroxylation is 1. The highest BCUT2D eigenvalue weighted by atomic mass is 32.2. The van der Waals surface area contributed by atoms with Gasteiger partial charge in [0.05, 0.1) is 21.2 Å². The fourth-order valence-corrected chi connectivity index (χ4v) is 4.92. The van der Waals surface area contributed by atoms with Crippen molar-refractivity contribution < 1.29 is 13.5 Å². The van der Waals surface area contributed by atoms with Crippen LogP contribution in [-0.4, -0.2) is 20.1 Å². The van der Waals surface area contributed by atoms with E-state index < -0.39 is 9.84 Å². The molecule has 7 heteroatoms. The van der Waals surface area contributed by atoms with Crippen LogP contribution in [-0.2, 0) is 22.8 Å². The topological polar surface area (TPSA) is 110 Å². The highest BCUT2D eigenvalue weighted by Crippen LogP contribution is 2.33. The van der Waals surface area contributed by atoms with Gasteiger partial charge in [-0.15, -0.1) is 0 Å². The summed E-state index contributed by atoms with van der Waals surface area (Å²) in [5.74, 6) is 0.0310. The van der Waals surface area contributed by atoms with E-state index in [9.17, 15) is 13.5 Å². The smallest absolute Gasteiger partial charge is 0.206 e. The van der Waals surface area contributed by atoms with Gasteiger partial charge in [0.2, 0.25) is 9.84 Å². The Balaban J connectivity index is 1.57. The van der Waals surface area contributed by atoms with Gasteiger partial charge in [-0.3, -0.25) is 0 Å². The van der Waals surface area contributed by atoms with Crippen molar-refractivity contribution in [3.8, 4) is 5.75 Å². The second kappa shape index (κ2) is 7.33. The number of nitrogens with zero attached hydrogens (tertiary/aromatic N) is 1. The van der Waals surface area contributed by atoms with Crippen molar-refractivity contribution in [3.63, 3.8) is 0 Å². The Labute approximate surface area is 170 Å². The summed E-state index contributed by atoms with van der Waals surface area (Å²) in [4.78, 5) is 2.63. The number of hydrogen-bond donors (Lipinski definition) is 3. The van der Waals surface area contributed by atoms with E-state index in [4.69, 9.17) is 11.5 Å². The van der Waals surface area contributed by atoms with Gasteiger partial charge in [-0.25, -0.2) is 8.42 Å². The standard InChI is InChI=1S/C22H23N3O3S/c23-20-12-16-2-1-11-25(22(16)13-21(20)24)14-15-3-7-18(8-4-15)29(27,28)19-9-5-17(26)6-10-19/h3-10,12-13,26H,1-2,11,14,23-24H2. The van der Waals surface area contributed by atoms with Crippen molar-refractivity contribution in [1.29, 1.82) is 0 Å². The summed E-state index contributed by atoms with van der Waals surface area (Å²) in [6.07, 6.45) is 2.00. The lowest BCUT2D eigenvalue weighted by Gasteiger charge is -2.32. The normalized spacial score (nSPS) is 13.9. The van der Waals surface area contributed by atoms with Crippen molar-refractivity contribution in [2.45, 2.75) is 29.2 Å². The molecule has 0 unspecified atom stereocenters. The van der Waals surface area contributed by atoms with Gasteiger partial charge < -0.3 is 21.5 Å². The molecule has 29 heavy (non-hydrogen) atoms. The summed E-state index contributed by atoms with van der Waals surface area (Å²) in [7, 11) is -3.62. The Morgan fingerprint density at radius 3 is 2.14 bits per heavy atom. The summed E-state index contributed by atoms with van der Waals surface area (Å²) in [5.41, 5.74) is 16.4. The molecular weight excluding hydrogens is 386 g/mol. The minimum absolute atomic E-state index is 0.0310. The Bertz CT molecular complexity index is 1140. The Hall–Kier alpha value is -3.19. The summed E-state index contributed by atoms with van der Waals surface area (Å²) in [5, 5.41) is 9.37. The zero-order valence-corrected chi connectivity index (χ0v) is 16.7. The van der Waals surface area contributed by atoms with Gasteiger partial charge in [-0.1, -0.05) is 12.1 Å². The predicted molar refractivity (Wildman–Crippen MR) is 115 cm³/mol. The second-order valence-corrected chi connectivity index (χ2v) is 9.23. The van der Waals surface area contributed by atoms with Crippen molar-refractivity contribution in [1.82, 2.24) is 0 Å². The van der Waals surface area contributed by atoms with Gasteiger partial charge in [-0.05, 0) is 72.5 Å². The lowest BCUT2D eigenvalue weighted by atomic mass is 9.99. The summed E-state index contributed by atoms with van der Waals surface area (Å²) in [6, 6.07) is 16.3. The maximum atomic E-state index is 12.8. The number of benzene rings is 3. The first-order valence-corrected chi connectivity index (χ1v) is 10.9. The van der Waals surface area contributed by atoms with Crippen molar-refractivity contribution in [3.05, 3.63) is 71.8 Å². The molecule has 0 fully saturated rings.